The van der Waals surface area contributed by atoms with Gasteiger partial charge >= 0.3 is 0 Å². The van der Waals surface area contributed by atoms with Gasteiger partial charge in [-0.05, 0) is 40.7 Å². The Kier molecular flexibility index (Phi) is 3.42. The summed E-state index contributed by atoms with van der Waals surface area (Å²) >= 11 is 1.41. The van der Waals surface area contributed by atoms with Crippen molar-refractivity contribution in [1.29, 1.82) is 0 Å². The first kappa shape index (κ1) is 15.0. The van der Waals surface area contributed by atoms with Gasteiger partial charge in [0.25, 0.3) is 5.91 Å². The molecule has 0 aromatic carbocycles. The molecule has 110 valence electrons. The molecular weight excluding hydrogens is 274 g/mol. The van der Waals surface area contributed by atoms with E-state index in [1.54, 1.807) is 18.5 Å². The first-order chi connectivity index (χ1) is 9.03. The summed E-state index contributed by atoms with van der Waals surface area (Å²) in [6.45, 7) is 8.92. The number of rotatable bonds is 3. The molecule has 0 aliphatic heterocycles. The van der Waals surface area contributed by atoms with Crippen LogP contribution in [0, 0.1) is 6.92 Å². The molecule has 0 aliphatic carbocycles. The standard InChI is InChI=1S/C14H21N3O2S/c1-8-9-7-10(20-12(9)17(6)16-8)11(18)15-13(2,3)14(4,5)19/h7,19H,1-6H3,(H,15,18). The summed E-state index contributed by atoms with van der Waals surface area (Å²) in [5.41, 5.74) is -0.802. The van der Waals surface area contributed by atoms with Gasteiger partial charge in [-0.1, -0.05) is 0 Å². The number of nitrogens with one attached hydrogen (secondary N) is 1. The van der Waals surface area contributed by atoms with Crippen molar-refractivity contribution >= 4 is 27.5 Å². The molecule has 0 radical (unpaired) electrons. The van der Waals surface area contributed by atoms with Crippen molar-refractivity contribution in [2.75, 3.05) is 0 Å². The number of hydrogen-bond donors (Lipinski definition) is 2. The number of carbonyl (C=O) groups is 1. The molecule has 0 atom stereocenters. The van der Waals surface area contributed by atoms with Crippen molar-refractivity contribution in [3.05, 3.63) is 16.6 Å². The number of aliphatic hydroxyl groups is 1. The molecule has 0 saturated carbocycles. The minimum absolute atomic E-state index is 0.169. The molecule has 6 heteroatoms. The van der Waals surface area contributed by atoms with Gasteiger partial charge in [0.05, 0.1) is 21.7 Å². The highest BCUT2D eigenvalue weighted by atomic mass is 32.1. The fraction of sp³-hybridized carbons (Fsp3) is 0.571. The van der Waals surface area contributed by atoms with Crippen LogP contribution in [0.1, 0.15) is 43.1 Å². The van der Waals surface area contributed by atoms with Crippen molar-refractivity contribution < 1.29 is 9.90 Å². The van der Waals surface area contributed by atoms with Gasteiger partial charge in [0.2, 0.25) is 0 Å². The summed E-state index contributed by atoms with van der Waals surface area (Å²) in [7, 11) is 1.87. The van der Waals surface area contributed by atoms with Crippen LogP contribution in [-0.4, -0.2) is 31.9 Å². The van der Waals surface area contributed by atoms with E-state index in [0.29, 0.717) is 4.88 Å². The van der Waals surface area contributed by atoms with Crippen LogP contribution in [0.5, 0.6) is 0 Å². The number of hydrogen-bond acceptors (Lipinski definition) is 4. The number of thiophene rings is 1. The van der Waals surface area contributed by atoms with Crippen LogP contribution < -0.4 is 5.32 Å². The van der Waals surface area contributed by atoms with Crippen LogP contribution in [0.4, 0.5) is 0 Å². The fourth-order valence-electron chi connectivity index (χ4n) is 1.82. The predicted octanol–water partition coefficient (Wildman–Crippen LogP) is 2.22. The number of fused-ring (bicyclic) bond motifs is 1. The fourth-order valence-corrected chi connectivity index (χ4v) is 2.83. The van der Waals surface area contributed by atoms with E-state index in [4.69, 9.17) is 0 Å². The first-order valence-corrected chi connectivity index (χ1v) is 7.32. The summed E-state index contributed by atoms with van der Waals surface area (Å²) in [5.74, 6) is -0.169. The third kappa shape index (κ3) is 2.45. The maximum atomic E-state index is 12.4. The molecule has 2 N–H and O–H groups in total. The first-order valence-electron chi connectivity index (χ1n) is 6.51. The van der Waals surface area contributed by atoms with Crippen LogP contribution >= 0.6 is 11.3 Å². The topological polar surface area (TPSA) is 67.2 Å². The number of amides is 1. The van der Waals surface area contributed by atoms with Crippen molar-refractivity contribution in [3.63, 3.8) is 0 Å². The maximum absolute atomic E-state index is 12.4. The number of nitrogens with zero attached hydrogens (tertiary/aromatic N) is 2. The third-order valence-corrected chi connectivity index (χ3v) is 5.08. The molecule has 1 amide bonds. The maximum Gasteiger partial charge on any atom is 0.261 e. The van der Waals surface area contributed by atoms with Gasteiger partial charge in [-0.2, -0.15) is 5.10 Å². The van der Waals surface area contributed by atoms with Gasteiger partial charge in [-0.25, -0.2) is 0 Å². The second kappa shape index (κ2) is 4.56. The smallest absolute Gasteiger partial charge is 0.261 e. The monoisotopic (exact) mass is 295 g/mol. The van der Waals surface area contributed by atoms with E-state index >= 15 is 0 Å². The lowest BCUT2D eigenvalue weighted by Gasteiger charge is -2.37. The van der Waals surface area contributed by atoms with Gasteiger partial charge in [0.15, 0.2) is 0 Å². The van der Waals surface area contributed by atoms with Gasteiger partial charge < -0.3 is 10.4 Å². The lowest BCUT2D eigenvalue weighted by Crippen LogP contribution is -2.57. The number of aromatic nitrogens is 2. The van der Waals surface area contributed by atoms with E-state index < -0.39 is 11.1 Å². The zero-order chi connectivity index (χ0) is 15.3. The average Bonchev–Trinajstić information content (AvgIpc) is 2.79. The lowest BCUT2D eigenvalue weighted by atomic mass is 9.86. The second-order valence-corrected chi connectivity index (χ2v) is 7.21. The molecule has 0 fully saturated rings. The molecule has 0 bridgehead atoms. The highest BCUT2D eigenvalue weighted by Crippen LogP contribution is 2.28. The van der Waals surface area contributed by atoms with Gasteiger partial charge in [-0.15, -0.1) is 11.3 Å². The molecule has 5 nitrogen and oxygen atoms in total. The van der Waals surface area contributed by atoms with E-state index in [2.05, 4.69) is 10.4 Å². The Morgan fingerprint density at radius 1 is 1.40 bits per heavy atom. The van der Waals surface area contributed by atoms with Crippen LogP contribution in [-0.2, 0) is 7.05 Å². The molecule has 0 aliphatic rings. The van der Waals surface area contributed by atoms with Crippen LogP contribution in [0.15, 0.2) is 6.07 Å². The number of aryl methyl sites for hydroxylation is 2. The Morgan fingerprint density at radius 2 is 2.00 bits per heavy atom. The van der Waals surface area contributed by atoms with E-state index in [9.17, 15) is 9.90 Å². The summed E-state index contributed by atoms with van der Waals surface area (Å²) in [5, 5.41) is 18.3. The van der Waals surface area contributed by atoms with Crippen molar-refractivity contribution in [2.45, 2.75) is 45.8 Å². The van der Waals surface area contributed by atoms with E-state index in [0.717, 1.165) is 15.9 Å². The predicted molar refractivity (Wildman–Crippen MR) is 81.2 cm³/mol. The van der Waals surface area contributed by atoms with Gasteiger partial charge in [-0.3, -0.25) is 9.48 Å². The van der Waals surface area contributed by atoms with Crippen LogP contribution in [0.25, 0.3) is 10.2 Å². The molecular formula is C14H21N3O2S. The highest BCUT2D eigenvalue weighted by Gasteiger charge is 2.36. The van der Waals surface area contributed by atoms with Crippen molar-refractivity contribution in [2.24, 2.45) is 7.05 Å². The molecule has 0 saturated heterocycles. The Hall–Kier alpha value is -1.40. The highest BCUT2D eigenvalue weighted by molar-refractivity contribution is 7.20. The Bertz CT molecular complexity index is 627. The molecule has 2 aromatic heterocycles. The molecule has 2 aromatic rings. The summed E-state index contributed by atoms with van der Waals surface area (Å²) in [6, 6.07) is 1.86. The quantitative estimate of drug-likeness (QED) is 0.912. The molecule has 2 heterocycles. The van der Waals surface area contributed by atoms with Crippen molar-refractivity contribution in [3.8, 4) is 0 Å². The summed E-state index contributed by atoms with van der Waals surface area (Å²) in [4.78, 5) is 14.0. The van der Waals surface area contributed by atoms with E-state index in [1.807, 2.05) is 33.9 Å². The van der Waals surface area contributed by atoms with Crippen molar-refractivity contribution in [1.82, 2.24) is 15.1 Å². The average molecular weight is 295 g/mol. The van der Waals surface area contributed by atoms with Crippen LogP contribution in [0.3, 0.4) is 0 Å². The Balaban J connectivity index is 2.31. The minimum Gasteiger partial charge on any atom is -0.388 e. The Labute approximate surface area is 122 Å². The second-order valence-electron chi connectivity index (χ2n) is 6.18. The molecule has 0 unspecified atom stereocenters. The third-order valence-electron chi connectivity index (χ3n) is 3.88. The van der Waals surface area contributed by atoms with E-state index in [1.165, 1.54) is 11.3 Å². The minimum atomic E-state index is -1.00. The molecule has 2 rings (SSSR count). The summed E-state index contributed by atoms with van der Waals surface area (Å²) in [6.07, 6.45) is 0. The van der Waals surface area contributed by atoms with Gasteiger partial charge in [0.1, 0.15) is 4.83 Å². The normalized spacial score (nSPS) is 12.9. The number of carbonyl (C=O) groups excluding carboxylic acids is 1. The largest absolute Gasteiger partial charge is 0.388 e. The zero-order valence-electron chi connectivity index (χ0n) is 12.7. The lowest BCUT2D eigenvalue weighted by molar-refractivity contribution is -0.00284. The van der Waals surface area contributed by atoms with E-state index in [-0.39, 0.29) is 5.91 Å². The summed E-state index contributed by atoms with van der Waals surface area (Å²) < 4.78 is 1.78. The SMILES string of the molecule is Cc1nn(C)c2sc(C(=O)NC(C)(C)C(C)(C)O)cc12. The molecule has 0 spiro atoms. The zero-order valence-corrected chi connectivity index (χ0v) is 13.6. The Morgan fingerprint density at radius 3 is 2.50 bits per heavy atom. The van der Waals surface area contributed by atoms with Gasteiger partial charge in [0, 0.05) is 12.4 Å². The molecule has 20 heavy (non-hydrogen) atoms. The van der Waals surface area contributed by atoms with Crippen LogP contribution in [0.2, 0.25) is 0 Å².